The van der Waals surface area contributed by atoms with Crippen molar-refractivity contribution >= 4 is 17.7 Å². The molecule has 0 fully saturated rings. The highest BCUT2D eigenvalue weighted by molar-refractivity contribution is 6.31. The lowest BCUT2D eigenvalue weighted by Crippen LogP contribution is -2.37. The molecule has 0 atom stereocenters. The number of aliphatic hydroxyl groups excluding tert-OH is 1. The van der Waals surface area contributed by atoms with Crippen LogP contribution in [0.3, 0.4) is 0 Å². The smallest absolute Gasteiger partial charge is 0.410 e. The minimum atomic E-state index is -0.557. The van der Waals surface area contributed by atoms with Crippen LogP contribution in [0, 0.1) is 0 Å². The predicted molar refractivity (Wildman–Crippen MR) is 109 cm³/mol. The van der Waals surface area contributed by atoms with E-state index in [0.717, 1.165) is 16.7 Å². The molecule has 0 aliphatic rings. The molecule has 2 aromatic rings. The number of benzene rings is 2. The average Bonchev–Trinajstić information content (AvgIpc) is 2.59. The van der Waals surface area contributed by atoms with Crippen molar-refractivity contribution in [2.45, 2.75) is 45.8 Å². The summed E-state index contributed by atoms with van der Waals surface area (Å²) in [5.41, 5.74) is 2.50. The van der Waals surface area contributed by atoms with Gasteiger partial charge in [0.15, 0.2) is 0 Å². The summed E-state index contributed by atoms with van der Waals surface area (Å²) < 4.78 is 5.58. The van der Waals surface area contributed by atoms with Crippen LogP contribution in [0.4, 0.5) is 4.79 Å². The molecule has 0 radical (unpaired) electrons. The van der Waals surface area contributed by atoms with Gasteiger partial charge in [-0.3, -0.25) is 0 Å². The highest BCUT2D eigenvalue weighted by atomic mass is 35.5. The van der Waals surface area contributed by atoms with Crippen LogP contribution < -0.4 is 0 Å². The van der Waals surface area contributed by atoms with E-state index in [-0.39, 0.29) is 12.7 Å². The van der Waals surface area contributed by atoms with Gasteiger partial charge in [0.25, 0.3) is 0 Å². The second-order valence-corrected chi connectivity index (χ2v) is 7.94. The summed E-state index contributed by atoms with van der Waals surface area (Å²) in [5.74, 6) is 0. The Balaban J connectivity index is 2.15. The van der Waals surface area contributed by atoms with Crippen LogP contribution in [-0.2, 0) is 24.1 Å². The van der Waals surface area contributed by atoms with Gasteiger partial charge in [0.2, 0.25) is 0 Å². The molecule has 0 saturated carbocycles. The second kappa shape index (κ2) is 9.77. The third-order valence-corrected chi connectivity index (χ3v) is 4.39. The Kier molecular flexibility index (Phi) is 7.69. The first kappa shape index (κ1) is 21.3. The van der Waals surface area contributed by atoms with Crippen molar-refractivity contribution < 1.29 is 14.6 Å². The highest BCUT2D eigenvalue weighted by Crippen LogP contribution is 2.18. The number of hydrogen-bond acceptors (Lipinski definition) is 3. The van der Waals surface area contributed by atoms with Crippen molar-refractivity contribution in [3.63, 3.8) is 0 Å². The van der Waals surface area contributed by atoms with E-state index in [9.17, 15) is 4.79 Å². The van der Waals surface area contributed by atoms with Crippen molar-refractivity contribution in [3.8, 4) is 0 Å². The molecule has 0 saturated heterocycles. The largest absolute Gasteiger partial charge is 0.444 e. The highest BCUT2D eigenvalue weighted by Gasteiger charge is 2.22. The molecule has 146 valence electrons. The lowest BCUT2D eigenvalue weighted by Gasteiger charge is -2.28. The first-order chi connectivity index (χ1) is 12.8. The van der Waals surface area contributed by atoms with Gasteiger partial charge in [-0.15, -0.1) is 0 Å². The monoisotopic (exact) mass is 389 g/mol. The van der Waals surface area contributed by atoms with Gasteiger partial charge in [0.05, 0.1) is 0 Å². The Hall–Kier alpha value is -2.04. The van der Waals surface area contributed by atoms with E-state index in [0.29, 0.717) is 31.0 Å². The number of carbonyl (C=O) groups excluding carboxylic acids is 1. The third-order valence-electron chi connectivity index (χ3n) is 4.03. The quantitative estimate of drug-likeness (QED) is 0.736. The van der Waals surface area contributed by atoms with Crippen LogP contribution in [0.2, 0.25) is 5.02 Å². The molecule has 0 aliphatic carbocycles. The molecule has 5 heteroatoms. The maximum Gasteiger partial charge on any atom is 0.410 e. The molecule has 0 aromatic heterocycles. The first-order valence-electron chi connectivity index (χ1n) is 9.18. The number of nitrogens with zero attached hydrogens (tertiary/aromatic N) is 1. The van der Waals surface area contributed by atoms with Gasteiger partial charge in [-0.05, 0) is 56.4 Å². The fourth-order valence-corrected chi connectivity index (χ4v) is 2.98. The molecule has 0 heterocycles. The Morgan fingerprint density at radius 2 is 1.78 bits per heavy atom. The van der Waals surface area contributed by atoms with Gasteiger partial charge in [-0.2, -0.15) is 0 Å². The summed E-state index contributed by atoms with van der Waals surface area (Å²) in [6.45, 7) is 6.63. The summed E-state index contributed by atoms with van der Waals surface area (Å²) in [6.07, 6.45) is 0.900. The minimum absolute atomic E-state index is 0.103. The predicted octanol–water partition coefficient (Wildman–Crippen LogP) is 4.85. The van der Waals surface area contributed by atoms with E-state index in [1.165, 1.54) is 0 Å². The Labute approximate surface area is 166 Å². The Morgan fingerprint density at radius 3 is 2.44 bits per heavy atom. The van der Waals surface area contributed by atoms with Gasteiger partial charge in [-0.1, -0.05) is 54.1 Å². The lowest BCUT2D eigenvalue weighted by molar-refractivity contribution is 0.0235. The number of amides is 1. The first-order valence-corrected chi connectivity index (χ1v) is 9.56. The van der Waals surface area contributed by atoms with Gasteiger partial charge >= 0.3 is 6.09 Å². The maximum atomic E-state index is 12.7. The van der Waals surface area contributed by atoms with Crippen LogP contribution in [0.5, 0.6) is 0 Å². The van der Waals surface area contributed by atoms with E-state index in [4.69, 9.17) is 21.4 Å². The number of halogens is 1. The van der Waals surface area contributed by atoms with Crippen LogP contribution >= 0.6 is 11.6 Å². The van der Waals surface area contributed by atoms with E-state index in [1.54, 1.807) is 4.90 Å². The normalized spacial score (nSPS) is 11.3. The summed E-state index contributed by atoms with van der Waals surface area (Å²) in [6, 6.07) is 15.6. The van der Waals surface area contributed by atoms with E-state index >= 15 is 0 Å². The summed E-state index contributed by atoms with van der Waals surface area (Å²) >= 11 is 6.25. The molecule has 0 aliphatic heterocycles. The van der Waals surface area contributed by atoms with Gasteiger partial charge < -0.3 is 14.7 Å². The van der Waals surface area contributed by atoms with Gasteiger partial charge in [-0.25, -0.2) is 4.79 Å². The minimum Gasteiger partial charge on any atom is -0.444 e. The molecule has 4 nitrogen and oxygen atoms in total. The molecule has 1 amide bonds. The number of ether oxygens (including phenoxy) is 1. The van der Waals surface area contributed by atoms with E-state index in [2.05, 4.69) is 0 Å². The molecule has 1 N–H and O–H groups in total. The Morgan fingerprint density at radius 1 is 1.07 bits per heavy atom. The van der Waals surface area contributed by atoms with Crippen molar-refractivity contribution in [1.82, 2.24) is 4.90 Å². The third kappa shape index (κ3) is 7.24. The Bertz CT molecular complexity index is 755. The summed E-state index contributed by atoms with van der Waals surface area (Å²) in [7, 11) is 0. The standard InChI is InChI=1S/C22H28ClNO3/c1-22(2,3)27-21(26)24(13-11-19-9-4-5-10-20(19)23)16-18-8-6-7-17(15-18)12-14-25/h4-10,15,25H,11-14,16H2,1-3H3. The molecule has 2 rings (SSSR count). The summed E-state index contributed by atoms with van der Waals surface area (Å²) in [4.78, 5) is 14.4. The number of carbonyl (C=O) groups is 1. The molecular formula is C22H28ClNO3. The molecule has 0 unspecified atom stereocenters. The maximum absolute atomic E-state index is 12.7. The zero-order valence-corrected chi connectivity index (χ0v) is 17.0. The van der Waals surface area contributed by atoms with Crippen LogP contribution in [0.15, 0.2) is 48.5 Å². The molecule has 27 heavy (non-hydrogen) atoms. The second-order valence-electron chi connectivity index (χ2n) is 7.54. The SMILES string of the molecule is CC(C)(C)OC(=O)N(CCc1ccccc1Cl)Cc1cccc(CCO)c1. The molecule has 0 bridgehead atoms. The van der Waals surface area contributed by atoms with Gasteiger partial charge in [0, 0.05) is 24.7 Å². The van der Waals surface area contributed by atoms with Crippen molar-refractivity contribution in [1.29, 1.82) is 0 Å². The van der Waals surface area contributed by atoms with Crippen LogP contribution in [0.25, 0.3) is 0 Å². The average molecular weight is 390 g/mol. The number of hydrogen-bond donors (Lipinski definition) is 1. The van der Waals surface area contributed by atoms with Crippen molar-refractivity contribution in [2.24, 2.45) is 0 Å². The fourth-order valence-electron chi connectivity index (χ4n) is 2.75. The number of aliphatic hydroxyl groups is 1. The zero-order valence-electron chi connectivity index (χ0n) is 16.2. The molecule has 0 spiro atoms. The molecule has 2 aromatic carbocycles. The summed E-state index contributed by atoms with van der Waals surface area (Å²) in [5, 5.41) is 9.85. The topological polar surface area (TPSA) is 49.8 Å². The van der Waals surface area contributed by atoms with E-state index < -0.39 is 5.60 Å². The van der Waals surface area contributed by atoms with E-state index in [1.807, 2.05) is 69.3 Å². The zero-order chi connectivity index (χ0) is 19.9. The van der Waals surface area contributed by atoms with Crippen LogP contribution in [0.1, 0.15) is 37.5 Å². The van der Waals surface area contributed by atoms with Crippen molar-refractivity contribution in [2.75, 3.05) is 13.2 Å². The van der Waals surface area contributed by atoms with Crippen LogP contribution in [-0.4, -0.2) is 34.9 Å². The van der Waals surface area contributed by atoms with Gasteiger partial charge in [0.1, 0.15) is 5.60 Å². The molecular weight excluding hydrogens is 362 g/mol. The fraction of sp³-hybridized carbons (Fsp3) is 0.409. The number of rotatable bonds is 7. The lowest BCUT2D eigenvalue weighted by atomic mass is 10.1. The van der Waals surface area contributed by atoms with Crippen molar-refractivity contribution in [3.05, 3.63) is 70.2 Å².